The molecule has 3 aromatic rings. The predicted molar refractivity (Wildman–Crippen MR) is 97.1 cm³/mol. The van der Waals surface area contributed by atoms with Gasteiger partial charge in [-0.15, -0.1) is 0 Å². The molecule has 0 bridgehead atoms. The van der Waals surface area contributed by atoms with Crippen LogP contribution in [0.5, 0.6) is 0 Å². The van der Waals surface area contributed by atoms with Gasteiger partial charge in [-0.3, -0.25) is 4.79 Å². The molecule has 0 spiro atoms. The van der Waals surface area contributed by atoms with Crippen molar-refractivity contribution in [2.24, 2.45) is 0 Å². The van der Waals surface area contributed by atoms with Crippen LogP contribution in [0.15, 0.2) is 34.7 Å². The zero-order valence-electron chi connectivity index (χ0n) is 15.2. The highest BCUT2D eigenvalue weighted by Crippen LogP contribution is 2.28. The third-order valence-corrected chi connectivity index (χ3v) is 4.82. The van der Waals surface area contributed by atoms with Gasteiger partial charge in [0.2, 0.25) is 0 Å². The van der Waals surface area contributed by atoms with E-state index < -0.39 is 5.97 Å². The van der Waals surface area contributed by atoms with Gasteiger partial charge >= 0.3 is 5.97 Å². The number of carboxylic acid groups (broad SMARTS) is 1. The van der Waals surface area contributed by atoms with Gasteiger partial charge in [-0.1, -0.05) is 6.07 Å². The minimum Gasteiger partial charge on any atom is -0.478 e. The molecule has 0 aliphatic heterocycles. The maximum atomic E-state index is 13.6. The standard InChI is InChI=1S/C20H18FN3O4/c1-11-16(20(26)27)9-14(28-11)10-22-19(25)18-15-6-3-7-17(15)24(23-18)13-5-2-4-12(21)8-13/h2,4-5,8-9H,3,6-7,10H2,1H3,(H,22,25)(H,26,27). The number of furan rings is 1. The van der Waals surface area contributed by atoms with Crippen molar-refractivity contribution < 1.29 is 23.5 Å². The number of benzene rings is 1. The number of aryl methyl sites for hydroxylation is 1. The van der Waals surface area contributed by atoms with Crippen molar-refractivity contribution in [3.8, 4) is 5.69 Å². The van der Waals surface area contributed by atoms with Crippen molar-refractivity contribution in [2.75, 3.05) is 0 Å². The summed E-state index contributed by atoms with van der Waals surface area (Å²) in [6, 6.07) is 7.49. The van der Waals surface area contributed by atoms with Crippen LogP contribution in [-0.2, 0) is 19.4 Å². The van der Waals surface area contributed by atoms with E-state index in [0.29, 0.717) is 17.1 Å². The Kier molecular flexibility index (Phi) is 4.46. The Morgan fingerprint density at radius 2 is 2.14 bits per heavy atom. The molecular formula is C20H18FN3O4. The van der Waals surface area contributed by atoms with Crippen molar-refractivity contribution >= 4 is 11.9 Å². The van der Waals surface area contributed by atoms with Crippen LogP contribution in [0, 0.1) is 12.7 Å². The van der Waals surface area contributed by atoms with E-state index >= 15 is 0 Å². The number of fused-ring (bicyclic) bond motifs is 1. The number of nitrogens with one attached hydrogen (secondary N) is 1. The van der Waals surface area contributed by atoms with E-state index in [-0.39, 0.29) is 29.6 Å². The Morgan fingerprint density at radius 1 is 1.32 bits per heavy atom. The molecule has 0 saturated heterocycles. The number of aromatic nitrogens is 2. The first-order chi connectivity index (χ1) is 13.4. The summed E-state index contributed by atoms with van der Waals surface area (Å²) in [5.41, 5.74) is 2.73. The van der Waals surface area contributed by atoms with Crippen molar-refractivity contribution in [1.82, 2.24) is 15.1 Å². The molecule has 1 aromatic carbocycles. The highest BCUT2D eigenvalue weighted by Gasteiger charge is 2.27. The molecule has 28 heavy (non-hydrogen) atoms. The van der Waals surface area contributed by atoms with Gasteiger partial charge in [0.05, 0.1) is 12.2 Å². The van der Waals surface area contributed by atoms with Gasteiger partial charge in [0.25, 0.3) is 5.91 Å². The van der Waals surface area contributed by atoms with Gasteiger partial charge in [-0.25, -0.2) is 13.9 Å². The molecule has 2 aromatic heterocycles. The number of amides is 1. The predicted octanol–water partition coefficient (Wildman–Crippen LogP) is 3.03. The number of carboxylic acids is 1. The van der Waals surface area contributed by atoms with Gasteiger partial charge < -0.3 is 14.8 Å². The Balaban J connectivity index is 1.58. The van der Waals surface area contributed by atoms with Crippen LogP contribution in [0.2, 0.25) is 0 Å². The molecule has 0 fully saturated rings. The van der Waals surface area contributed by atoms with Crippen LogP contribution >= 0.6 is 0 Å². The van der Waals surface area contributed by atoms with E-state index in [1.54, 1.807) is 23.7 Å². The Labute approximate surface area is 159 Å². The second-order valence-corrected chi connectivity index (χ2v) is 6.69. The lowest BCUT2D eigenvalue weighted by Gasteiger charge is -2.05. The largest absolute Gasteiger partial charge is 0.478 e. The topological polar surface area (TPSA) is 97.4 Å². The van der Waals surface area contributed by atoms with E-state index in [9.17, 15) is 14.0 Å². The zero-order valence-corrected chi connectivity index (χ0v) is 15.2. The van der Waals surface area contributed by atoms with Gasteiger partial charge in [0.15, 0.2) is 5.69 Å². The van der Waals surface area contributed by atoms with Crippen molar-refractivity contribution in [3.63, 3.8) is 0 Å². The zero-order chi connectivity index (χ0) is 19.8. The van der Waals surface area contributed by atoms with Gasteiger partial charge in [-0.2, -0.15) is 5.10 Å². The number of nitrogens with zero attached hydrogens (tertiary/aromatic N) is 2. The molecule has 1 amide bonds. The number of carbonyl (C=O) groups excluding carboxylic acids is 1. The average molecular weight is 383 g/mol. The fraction of sp³-hybridized carbons (Fsp3) is 0.250. The lowest BCUT2D eigenvalue weighted by Crippen LogP contribution is -2.24. The van der Waals surface area contributed by atoms with Gasteiger partial charge in [0.1, 0.15) is 22.9 Å². The molecule has 8 heteroatoms. The molecule has 2 heterocycles. The van der Waals surface area contributed by atoms with E-state index in [1.165, 1.54) is 18.2 Å². The highest BCUT2D eigenvalue weighted by atomic mass is 19.1. The van der Waals surface area contributed by atoms with Crippen LogP contribution < -0.4 is 5.32 Å². The Bertz CT molecular complexity index is 1080. The molecule has 1 aliphatic rings. The van der Waals surface area contributed by atoms with E-state index in [2.05, 4.69) is 10.4 Å². The molecule has 0 unspecified atom stereocenters. The quantitative estimate of drug-likeness (QED) is 0.706. The summed E-state index contributed by atoms with van der Waals surface area (Å²) in [7, 11) is 0. The fourth-order valence-corrected chi connectivity index (χ4v) is 3.54. The van der Waals surface area contributed by atoms with Crippen LogP contribution in [-0.4, -0.2) is 26.8 Å². The van der Waals surface area contributed by atoms with E-state index in [1.807, 2.05) is 0 Å². The van der Waals surface area contributed by atoms with E-state index in [4.69, 9.17) is 9.52 Å². The molecule has 4 rings (SSSR count). The minimum atomic E-state index is -1.08. The first-order valence-electron chi connectivity index (χ1n) is 8.91. The average Bonchev–Trinajstić information content (AvgIpc) is 3.34. The lowest BCUT2D eigenvalue weighted by molar-refractivity contribution is 0.0694. The molecule has 144 valence electrons. The molecule has 7 nitrogen and oxygen atoms in total. The maximum absolute atomic E-state index is 13.6. The number of halogens is 1. The smallest absolute Gasteiger partial charge is 0.339 e. The molecule has 0 saturated carbocycles. The van der Waals surface area contributed by atoms with Gasteiger partial charge in [0, 0.05) is 11.3 Å². The summed E-state index contributed by atoms with van der Waals surface area (Å²) in [6.45, 7) is 1.61. The van der Waals surface area contributed by atoms with Crippen molar-refractivity contribution in [2.45, 2.75) is 32.7 Å². The minimum absolute atomic E-state index is 0.0502. The summed E-state index contributed by atoms with van der Waals surface area (Å²) in [4.78, 5) is 23.8. The third kappa shape index (κ3) is 3.17. The second kappa shape index (κ2) is 6.95. The van der Waals surface area contributed by atoms with Crippen molar-refractivity contribution in [1.29, 1.82) is 0 Å². The Morgan fingerprint density at radius 3 is 2.86 bits per heavy atom. The summed E-state index contributed by atoms with van der Waals surface area (Å²) in [6.07, 6.45) is 2.41. The maximum Gasteiger partial charge on any atom is 0.339 e. The monoisotopic (exact) mass is 383 g/mol. The number of hydrogen-bond donors (Lipinski definition) is 2. The summed E-state index contributed by atoms with van der Waals surface area (Å²) < 4.78 is 20.6. The SMILES string of the molecule is Cc1oc(CNC(=O)c2nn(-c3cccc(F)c3)c3c2CCC3)cc1C(=O)O. The molecule has 1 aliphatic carbocycles. The number of carbonyl (C=O) groups is 2. The van der Waals surface area contributed by atoms with Crippen LogP contribution in [0.3, 0.4) is 0 Å². The second-order valence-electron chi connectivity index (χ2n) is 6.69. The first-order valence-corrected chi connectivity index (χ1v) is 8.91. The lowest BCUT2D eigenvalue weighted by atomic mass is 10.2. The van der Waals surface area contributed by atoms with Crippen LogP contribution in [0.25, 0.3) is 5.69 Å². The van der Waals surface area contributed by atoms with E-state index in [0.717, 1.165) is 30.5 Å². The van der Waals surface area contributed by atoms with Gasteiger partial charge in [-0.05, 0) is 50.5 Å². The Hall–Kier alpha value is -3.42. The van der Waals surface area contributed by atoms with Crippen LogP contribution in [0.1, 0.15) is 50.0 Å². The normalized spacial score (nSPS) is 12.8. The summed E-state index contributed by atoms with van der Waals surface area (Å²) in [5.74, 6) is -1.18. The highest BCUT2D eigenvalue weighted by molar-refractivity contribution is 5.94. The summed E-state index contributed by atoms with van der Waals surface area (Å²) in [5, 5.41) is 16.2. The number of aromatic carboxylic acids is 1. The molecular weight excluding hydrogens is 365 g/mol. The fourth-order valence-electron chi connectivity index (χ4n) is 3.54. The molecule has 2 N–H and O–H groups in total. The number of rotatable bonds is 5. The molecule has 0 atom stereocenters. The van der Waals surface area contributed by atoms with Crippen molar-refractivity contribution in [3.05, 3.63) is 70.2 Å². The molecule has 0 radical (unpaired) electrons. The number of hydrogen-bond acceptors (Lipinski definition) is 4. The third-order valence-electron chi connectivity index (χ3n) is 4.82. The first kappa shape index (κ1) is 18.0. The van der Waals surface area contributed by atoms with Crippen LogP contribution in [0.4, 0.5) is 4.39 Å². The summed E-state index contributed by atoms with van der Waals surface area (Å²) >= 11 is 0.